The van der Waals surface area contributed by atoms with Crippen LogP contribution in [0.4, 0.5) is 0 Å². The Hall–Kier alpha value is -1.27. The van der Waals surface area contributed by atoms with Crippen LogP contribution in [0.1, 0.15) is 24.6 Å². The third-order valence-corrected chi connectivity index (χ3v) is 2.30. The predicted molar refractivity (Wildman–Crippen MR) is 45.3 cm³/mol. The number of nitrogens with zero attached hydrogens (tertiary/aromatic N) is 1. The molecule has 0 bridgehead atoms. The summed E-state index contributed by atoms with van der Waals surface area (Å²) < 4.78 is 0. The summed E-state index contributed by atoms with van der Waals surface area (Å²) in [6.07, 6.45) is 3.93. The van der Waals surface area contributed by atoms with Crippen molar-refractivity contribution in [2.75, 3.05) is 0 Å². The molecule has 12 heavy (non-hydrogen) atoms. The second-order valence-corrected chi connectivity index (χ2v) is 3.10. The van der Waals surface area contributed by atoms with E-state index in [0.29, 0.717) is 6.04 Å². The molecule has 0 saturated carbocycles. The first kappa shape index (κ1) is 7.38. The number of nitrogens with one attached hydrogen (secondary N) is 2. The first-order valence-electron chi connectivity index (χ1n) is 4.19. The lowest BCUT2D eigenvalue weighted by Gasteiger charge is -2.07. The van der Waals surface area contributed by atoms with Gasteiger partial charge in [-0.2, -0.15) is 5.26 Å². The van der Waals surface area contributed by atoms with Gasteiger partial charge in [0.05, 0.1) is 12.1 Å². The number of aromatic nitrogens is 1. The topological polar surface area (TPSA) is 51.6 Å². The van der Waals surface area contributed by atoms with Crippen LogP contribution < -0.4 is 5.32 Å². The molecule has 2 rings (SSSR count). The Morgan fingerprint density at radius 2 is 2.42 bits per heavy atom. The molecule has 1 fully saturated rings. The van der Waals surface area contributed by atoms with E-state index in [2.05, 4.69) is 22.4 Å². The molecule has 0 aromatic carbocycles. The molecular weight excluding hydrogens is 150 g/mol. The summed E-state index contributed by atoms with van der Waals surface area (Å²) in [7, 11) is 0. The van der Waals surface area contributed by atoms with Crippen molar-refractivity contribution in [1.29, 1.82) is 5.26 Å². The molecule has 1 aliphatic rings. The number of hydrogen-bond donors (Lipinski definition) is 2. The minimum atomic E-state index is 0.0401. The molecule has 1 saturated heterocycles. The minimum absolute atomic E-state index is 0.0401. The molecule has 0 unspecified atom stereocenters. The maximum atomic E-state index is 8.66. The summed E-state index contributed by atoms with van der Waals surface area (Å²) >= 11 is 0. The molecule has 2 atom stereocenters. The summed E-state index contributed by atoms with van der Waals surface area (Å²) in [4.78, 5) is 3.15. The molecule has 0 aliphatic carbocycles. The number of H-pyrrole nitrogens is 1. The van der Waals surface area contributed by atoms with E-state index in [9.17, 15) is 0 Å². The van der Waals surface area contributed by atoms with Crippen LogP contribution in [0.25, 0.3) is 0 Å². The van der Waals surface area contributed by atoms with E-state index in [-0.39, 0.29) is 6.04 Å². The molecule has 3 nitrogen and oxygen atoms in total. The quantitative estimate of drug-likeness (QED) is 0.652. The molecule has 3 heteroatoms. The van der Waals surface area contributed by atoms with E-state index in [1.54, 1.807) is 0 Å². The standard InChI is InChI=1S/C9H11N3/c10-6-7-3-4-9(12-7)8-2-1-5-11-8/h1-2,5,7,9,11-12H,3-4H2/t7-,9-/m1/s1. The fourth-order valence-corrected chi connectivity index (χ4v) is 1.65. The van der Waals surface area contributed by atoms with E-state index < -0.39 is 0 Å². The molecule has 0 radical (unpaired) electrons. The Balaban J connectivity index is 2.06. The van der Waals surface area contributed by atoms with Gasteiger partial charge in [0.2, 0.25) is 0 Å². The zero-order chi connectivity index (χ0) is 8.39. The van der Waals surface area contributed by atoms with Crippen molar-refractivity contribution in [3.05, 3.63) is 24.0 Å². The van der Waals surface area contributed by atoms with E-state index in [1.807, 2.05) is 12.3 Å². The van der Waals surface area contributed by atoms with Gasteiger partial charge in [0.1, 0.15) is 0 Å². The van der Waals surface area contributed by atoms with E-state index in [1.165, 1.54) is 5.69 Å². The molecular formula is C9H11N3. The largest absolute Gasteiger partial charge is 0.364 e. The summed E-state index contributed by atoms with van der Waals surface area (Å²) in [5.41, 5.74) is 1.19. The normalized spacial score (nSPS) is 28.6. The molecule has 1 aliphatic heterocycles. The van der Waals surface area contributed by atoms with Crippen molar-refractivity contribution in [2.45, 2.75) is 24.9 Å². The van der Waals surface area contributed by atoms with Crippen molar-refractivity contribution < 1.29 is 0 Å². The van der Waals surface area contributed by atoms with E-state index in [0.717, 1.165) is 12.8 Å². The van der Waals surface area contributed by atoms with Crippen LogP contribution in [0.2, 0.25) is 0 Å². The number of hydrogen-bond acceptors (Lipinski definition) is 2. The fourth-order valence-electron chi connectivity index (χ4n) is 1.65. The molecule has 2 heterocycles. The van der Waals surface area contributed by atoms with Crippen molar-refractivity contribution in [1.82, 2.24) is 10.3 Å². The van der Waals surface area contributed by atoms with E-state index in [4.69, 9.17) is 5.26 Å². The van der Waals surface area contributed by atoms with Gasteiger partial charge in [0.15, 0.2) is 0 Å². The van der Waals surface area contributed by atoms with Crippen molar-refractivity contribution in [3.63, 3.8) is 0 Å². The molecule has 2 N–H and O–H groups in total. The van der Waals surface area contributed by atoms with Crippen LogP contribution in [0, 0.1) is 11.3 Å². The monoisotopic (exact) mass is 161 g/mol. The first-order chi connectivity index (χ1) is 5.90. The Kier molecular flexibility index (Phi) is 1.84. The van der Waals surface area contributed by atoms with Gasteiger partial charge in [-0.3, -0.25) is 5.32 Å². The zero-order valence-electron chi connectivity index (χ0n) is 6.75. The highest BCUT2D eigenvalue weighted by atomic mass is 15.0. The third kappa shape index (κ3) is 1.21. The summed E-state index contributed by atoms with van der Waals surface area (Å²) in [5.74, 6) is 0. The van der Waals surface area contributed by atoms with Crippen LogP contribution in [0.3, 0.4) is 0 Å². The molecule has 0 amide bonds. The van der Waals surface area contributed by atoms with Gasteiger partial charge >= 0.3 is 0 Å². The summed E-state index contributed by atoms with van der Waals surface area (Å²) in [5, 5.41) is 11.9. The summed E-state index contributed by atoms with van der Waals surface area (Å²) in [6.45, 7) is 0. The fraction of sp³-hybridized carbons (Fsp3) is 0.444. The van der Waals surface area contributed by atoms with Crippen molar-refractivity contribution in [3.8, 4) is 6.07 Å². The molecule has 1 aromatic rings. The second kappa shape index (κ2) is 3.00. The third-order valence-electron chi connectivity index (χ3n) is 2.30. The maximum absolute atomic E-state index is 8.66. The Morgan fingerprint density at radius 1 is 1.50 bits per heavy atom. The maximum Gasteiger partial charge on any atom is 0.0958 e. The van der Waals surface area contributed by atoms with Crippen LogP contribution in [0.5, 0.6) is 0 Å². The lowest BCUT2D eigenvalue weighted by atomic mass is 10.1. The smallest absolute Gasteiger partial charge is 0.0958 e. The van der Waals surface area contributed by atoms with Crippen LogP contribution in [-0.4, -0.2) is 11.0 Å². The van der Waals surface area contributed by atoms with Gasteiger partial charge in [-0.15, -0.1) is 0 Å². The van der Waals surface area contributed by atoms with Crippen molar-refractivity contribution in [2.24, 2.45) is 0 Å². The number of nitriles is 1. The van der Waals surface area contributed by atoms with Crippen molar-refractivity contribution >= 4 is 0 Å². The van der Waals surface area contributed by atoms with Crippen LogP contribution in [-0.2, 0) is 0 Å². The SMILES string of the molecule is N#C[C@H]1CC[C@H](c2ccc[nH]2)N1. The average molecular weight is 161 g/mol. The van der Waals surface area contributed by atoms with E-state index >= 15 is 0 Å². The molecule has 1 aromatic heterocycles. The van der Waals surface area contributed by atoms with Crippen LogP contribution in [0.15, 0.2) is 18.3 Å². The predicted octanol–water partition coefficient (Wildman–Crippen LogP) is 1.33. The van der Waals surface area contributed by atoms with Gasteiger partial charge < -0.3 is 4.98 Å². The highest BCUT2D eigenvalue weighted by Crippen LogP contribution is 2.24. The zero-order valence-corrected chi connectivity index (χ0v) is 6.75. The molecule has 0 spiro atoms. The number of rotatable bonds is 1. The highest BCUT2D eigenvalue weighted by molar-refractivity contribution is 5.13. The van der Waals surface area contributed by atoms with Gasteiger partial charge in [0.25, 0.3) is 0 Å². The Morgan fingerprint density at radius 3 is 3.00 bits per heavy atom. The number of aromatic amines is 1. The minimum Gasteiger partial charge on any atom is -0.364 e. The average Bonchev–Trinajstić information content (AvgIpc) is 2.75. The summed E-state index contributed by atoms with van der Waals surface area (Å²) in [6, 6.07) is 6.66. The lowest BCUT2D eigenvalue weighted by Crippen LogP contribution is -2.22. The van der Waals surface area contributed by atoms with Gasteiger partial charge in [-0.05, 0) is 25.0 Å². The Labute approximate surface area is 71.4 Å². The Bertz CT molecular complexity index is 283. The van der Waals surface area contributed by atoms with Crippen LogP contribution >= 0.6 is 0 Å². The van der Waals surface area contributed by atoms with Gasteiger partial charge in [0, 0.05) is 17.9 Å². The van der Waals surface area contributed by atoms with Gasteiger partial charge in [-0.25, -0.2) is 0 Å². The molecule has 62 valence electrons. The van der Waals surface area contributed by atoms with Gasteiger partial charge in [-0.1, -0.05) is 0 Å². The highest BCUT2D eigenvalue weighted by Gasteiger charge is 2.24. The first-order valence-corrected chi connectivity index (χ1v) is 4.19. The second-order valence-electron chi connectivity index (χ2n) is 3.10. The lowest BCUT2D eigenvalue weighted by molar-refractivity contribution is 0.605.